The molecule has 1 aliphatic carbocycles. The Hall–Kier alpha value is -4.91. The number of hydrogen-bond acceptors (Lipinski definition) is 12. The first-order chi connectivity index (χ1) is 25.5. The summed E-state index contributed by atoms with van der Waals surface area (Å²) >= 11 is 0. The molecule has 2 unspecified atom stereocenters. The molecule has 1 fully saturated rings. The molecule has 0 aliphatic heterocycles. The molecule has 0 heterocycles. The van der Waals surface area contributed by atoms with Crippen molar-refractivity contribution < 1.29 is 68.0 Å². The van der Waals surface area contributed by atoms with Gasteiger partial charge in [0.25, 0.3) is 0 Å². The number of carbonyl (C=O) groups is 5. The molecule has 21 heteroatoms. The van der Waals surface area contributed by atoms with Crippen LogP contribution in [0.3, 0.4) is 0 Å². The van der Waals surface area contributed by atoms with Crippen LogP contribution in [0.1, 0.15) is 36.8 Å². The summed E-state index contributed by atoms with van der Waals surface area (Å²) in [6, 6.07) is 15.4. The smallest absolute Gasteiger partial charge is 0.472 e. The van der Waals surface area contributed by atoms with Gasteiger partial charge in [0, 0.05) is 41.7 Å². The second-order valence-corrected chi connectivity index (χ2v) is 14.1. The minimum absolute atomic E-state index is 0.260. The lowest BCUT2D eigenvalue weighted by atomic mass is 9.65. The Morgan fingerprint density at radius 3 is 1.76 bits per heavy atom. The number of carboxylic acids is 5. The van der Waals surface area contributed by atoms with Crippen molar-refractivity contribution in [1.29, 1.82) is 0 Å². The number of phosphoric acid groups is 1. The zero-order valence-electron chi connectivity index (χ0n) is 29.1. The van der Waals surface area contributed by atoms with Crippen molar-refractivity contribution in [3.8, 4) is 0 Å². The molecule has 2 atom stereocenters. The SMILES string of the molecule is [N-]=[N+]=Nc1ccc(C2(c3ccccc3)CCC(OP(=O)(O)OCC(CN(CCN(CC(=O)O)CC(=O)O)CC(=O)O)N(CC(=O)O)CC(=O)O)CC2)cc1. The van der Waals surface area contributed by atoms with E-state index in [2.05, 4.69) is 10.0 Å². The third kappa shape index (κ3) is 14.1. The fourth-order valence-electron chi connectivity index (χ4n) is 6.53. The van der Waals surface area contributed by atoms with Gasteiger partial charge in [0.1, 0.15) is 0 Å². The lowest BCUT2D eigenvalue weighted by molar-refractivity contribution is -0.145. The van der Waals surface area contributed by atoms with E-state index in [1.165, 1.54) is 4.90 Å². The summed E-state index contributed by atoms with van der Waals surface area (Å²) in [5.41, 5.74) is 10.7. The van der Waals surface area contributed by atoms with Crippen LogP contribution in [0.5, 0.6) is 0 Å². The molecular weight excluding hydrogens is 735 g/mol. The first-order valence-electron chi connectivity index (χ1n) is 16.7. The van der Waals surface area contributed by atoms with Crippen molar-refractivity contribution in [2.75, 3.05) is 59.0 Å². The summed E-state index contributed by atoms with van der Waals surface area (Å²) in [5, 5.41) is 50.5. The van der Waals surface area contributed by atoms with Crippen molar-refractivity contribution in [2.45, 2.75) is 43.2 Å². The molecule has 6 N–H and O–H groups in total. The Morgan fingerprint density at radius 2 is 1.26 bits per heavy atom. The van der Waals surface area contributed by atoms with Crippen LogP contribution in [0.2, 0.25) is 0 Å². The zero-order chi connectivity index (χ0) is 39.9. The monoisotopic (exact) mass is 778 g/mol. The largest absolute Gasteiger partial charge is 0.480 e. The van der Waals surface area contributed by atoms with E-state index in [-0.39, 0.29) is 13.1 Å². The Morgan fingerprint density at radius 1 is 0.778 bits per heavy atom. The molecule has 1 saturated carbocycles. The summed E-state index contributed by atoms with van der Waals surface area (Å²) in [5.74, 6) is -6.97. The second kappa shape index (κ2) is 20.5. The van der Waals surface area contributed by atoms with Crippen molar-refractivity contribution in [1.82, 2.24) is 14.7 Å². The summed E-state index contributed by atoms with van der Waals surface area (Å²) in [4.78, 5) is 74.3. The second-order valence-electron chi connectivity index (χ2n) is 12.7. The van der Waals surface area contributed by atoms with Gasteiger partial charge in [0.15, 0.2) is 0 Å². The highest BCUT2D eigenvalue weighted by Gasteiger charge is 2.41. The lowest BCUT2D eigenvalue weighted by Crippen LogP contribution is -2.52. The topological polar surface area (TPSA) is 301 Å². The minimum atomic E-state index is -4.90. The van der Waals surface area contributed by atoms with Gasteiger partial charge in [-0.3, -0.25) is 47.7 Å². The molecule has 0 spiro atoms. The molecule has 0 aromatic heterocycles. The van der Waals surface area contributed by atoms with Gasteiger partial charge in [-0.15, -0.1) is 0 Å². The lowest BCUT2D eigenvalue weighted by Gasteiger charge is -2.41. The van der Waals surface area contributed by atoms with Crippen LogP contribution < -0.4 is 0 Å². The van der Waals surface area contributed by atoms with E-state index < -0.39 is 101 Å². The number of rotatable bonds is 24. The van der Waals surface area contributed by atoms with E-state index in [0.717, 1.165) is 20.9 Å². The maximum atomic E-state index is 13.3. The predicted octanol–water partition coefficient (Wildman–Crippen LogP) is 2.69. The fraction of sp³-hybridized carbons (Fsp3) is 0.485. The van der Waals surface area contributed by atoms with Gasteiger partial charge in [-0.25, -0.2) is 4.57 Å². The molecule has 0 radical (unpaired) electrons. The van der Waals surface area contributed by atoms with Crippen LogP contribution in [0.25, 0.3) is 10.4 Å². The highest BCUT2D eigenvalue weighted by Crippen LogP contribution is 2.51. The molecule has 2 aromatic rings. The third-order valence-corrected chi connectivity index (χ3v) is 9.92. The van der Waals surface area contributed by atoms with E-state index in [1.807, 2.05) is 42.5 Å². The molecule has 3 rings (SSSR count). The standard InChI is InChI=1S/C33H43N6O14P/c34-36-35-25-8-6-24(7-9-25)33(23-4-2-1-3-5-23)12-10-27(11-13-33)53-54(50,51)52-22-26(39(20-31(46)47)21-32(48)49)16-37(17-28(40)41)14-15-38(18-29(42)43)19-30(44)45/h1-9,26-27H,10-22H2,(H,40,41)(H,42,43)(H,44,45)(H,46,47)(H,48,49)(H,50,51). The number of carboxylic acid groups (broad SMARTS) is 5. The zero-order valence-corrected chi connectivity index (χ0v) is 30.0. The number of hydrogen-bond donors (Lipinski definition) is 6. The minimum Gasteiger partial charge on any atom is -0.480 e. The van der Waals surface area contributed by atoms with E-state index >= 15 is 0 Å². The van der Waals surface area contributed by atoms with Gasteiger partial charge >= 0.3 is 37.7 Å². The Labute approximate surface area is 309 Å². The molecule has 0 saturated heterocycles. The first kappa shape index (κ1) is 43.5. The fourth-order valence-corrected chi connectivity index (χ4v) is 7.54. The van der Waals surface area contributed by atoms with Crippen LogP contribution in [-0.4, -0.2) is 146 Å². The van der Waals surface area contributed by atoms with Crippen LogP contribution >= 0.6 is 7.82 Å². The van der Waals surface area contributed by atoms with E-state index in [0.29, 0.717) is 31.4 Å². The van der Waals surface area contributed by atoms with Crippen molar-refractivity contribution in [3.63, 3.8) is 0 Å². The molecule has 0 amide bonds. The van der Waals surface area contributed by atoms with Gasteiger partial charge in [-0.05, 0) is 42.3 Å². The van der Waals surface area contributed by atoms with Crippen molar-refractivity contribution >= 4 is 43.4 Å². The number of azide groups is 1. The molecule has 0 bridgehead atoms. The molecule has 1 aliphatic rings. The van der Waals surface area contributed by atoms with Crippen molar-refractivity contribution in [3.05, 3.63) is 76.2 Å². The van der Waals surface area contributed by atoms with Gasteiger partial charge in [0.2, 0.25) is 0 Å². The summed E-state index contributed by atoms with van der Waals surface area (Å²) < 4.78 is 24.2. The average Bonchev–Trinajstić information content (AvgIpc) is 3.08. The van der Waals surface area contributed by atoms with Gasteiger partial charge < -0.3 is 30.4 Å². The van der Waals surface area contributed by atoms with E-state index in [9.17, 15) is 48.8 Å². The van der Waals surface area contributed by atoms with Crippen LogP contribution in [-0.2, 0) is 43.0 Å². The molecule has 54 heavy (non-hydrogen) atoms. The molecular formula is C33H43N6O14P. The normalized spacial score (nSPS) is 18.8. The molecule has 2 aromatic carbocycles. The number of nitrogens with zero attached hydrogens (tertiary/aromatic N) is 6. The van der Waals surface area contributed by atoms with Gasteiger partial charge in [-0.1, -0.05) is 59.7 Å². The van der Waals surface area contributed by atoms with Crippen LogP contribution in [0.15, 0.2) is 59.7 Å². The Bertz CT molecular complexity index is 1670. The Kier molecular flexibility index (Phi) is 16.5. The molecule has 20 nitrogen and oxygen atoms in total. The van der Waals surface area contributed by atoms with Crippen LogP contribution in [0, 0.1) is 0 Å². The van der Waals surface area contributed by atoms with Crippen LogP contribution in [0.4, 0.5) is 5.69 Å². The third-order valence-electron chi connectivity index (χ3n) is 8.88. The Balaban J connectivity index is 1.79. The quantitative estimate of drug-likeness (QED) is 0.0386. The van der Waals surface area contributed by atoms with E-state index in [1.54, 1.807) is 12.1 Å². The highest BCUT2D eigenvalue weighted by atomic mass is 31.2. The highest BCUT2D eigenvalue weighted by molar-refractivity contribution is 7.47. The van der Waals surface area contributed by atoms with E-state index in [4.69, 9.17) is 24.8 Å². The molecule has 294 valence electrons. The average molecular weight is 779 g/mol. The maximum absolute atomic E-state index is 13.3. The first-order valence-corrected chi connectivity index (χ1v) is 18.2. The summed E-state index contributed by atoms with van der Waals surface area (Å²) in [6.07, 6.45) is 0.835. The van der Waals surface area contributed by atoms with Gasteiger partial charge in [-0.2, -0.15) is 0 Å². The number of phosphoric ester groups is 1. The predicted molar refractivity (Wildman–Crippen MR) is 188 cm³/mol. The summed E-state index contributed by atoms with van der Waals surface area (Å²) in [6.45, 7) is -5.60. The maximum Gasteiger partial charge on any atom is 0.472 e. The van der Waals surface area contributed by atoms with Gasteiger partial charge in [0.05, 0.1) is 45.4 Å². The summed E-state index contributed by atoms with van der Waals surface area (Å²) in [7, 11) is -4.90. The van der Waals surface area contributed by atoms with Crippen molar-refractivity contribution in [2.24, 2.45) is 5.11 Å². The number of benzene rings is 2. The number of aliphatic carboxylic acids is 5.